The Labute approximate surface area is 57.3 Å². The number of allylic oxidation sites excluding steroid dienone is 4. The molecule has 0 unspecified atom stereocenters. The molecule has 1 aliphatic carbocycles. The number of halogens is 2. The molecule has 0 bridgehead atoms. The average Bonchev–Trinajstić information content (AvgIpc) is 1.86. The number of hydrogen-bond donors (Lipinski definition) is 0. The third-order valence-corrected chi connectivity index (χ3v) is 1.66. The van der Waals surface area contributed by atoms with Crippen molar-refractivity contribution >= 4 is 0 Å². The number of hydrogen-bond acceptors (Lipinski definition) is 0. The predicted octanol–water partition coefficient (Wildman–Crippen LogP) is 1.68. The van der Waals surface area contributed by atoms with E-state index in [0.29, 0.717) is 0 Å². The second-order valence-corrected chi connectivity index (χ2v) is 2.86. The van der Waals surface area contributed by atoms with Gasteiger partial charge in [-0.05, 0) is 0 Å². The van der Waals surface area contributed by atoms with Crippen molar-refractivity contribution in [3.63, 3.8) is 0 Å². The Morgan fingerprint density at radius 3 is 2.12 bits per heavy atom. The molecule has 1 aliphatic rings. The molecule has 0 heterocycles. The van der Waals surface area contributed by atoms with Gasteiger partial charge in [0.2, 0.25) is 0 Å². The Kier molecular flexibility index (Phi) is 6.96. The summed E-state index contributed by atoms with van der Waals surface area (Å²) in [6.45, 7) is 0. The molecule has 0 aliphatic heterocycles. The van der Waals surface area contributed by atoms with E-state index in [1.807, 2.05) is 18.6 Å². The van der Waals surface area contributed by atoms with Crippen LogP contribution in [0.2, 0.25) is 0 Å². The normalized spacial score (nSPS) is 13.9. The SMILES string of the molecule is F.F.[Os][C]1=CC=CC1. The Hall–Kier alpha value is -0.0236. The molecule has 0 aromatic rings. The minimum atomic E-state index is 0. The van der Waals surface area contributed by atoms with Crippen molar-refractivity contribution < 1.29 is 28.0 Å². The van der Waals surface area contributed by atoms with E-state index < -0.39 is 0 Å². The Balaban J connectivity index is 0. The zero-order chi connectivity index (χ0) is 4.41. The van der Waals surface area contributed by atoms with E-state index >= 15 is 0 Å². The van der Waals surface area contributed by atoms with Gasteiger partial charge < -0.3 is 0 Å². The second kappa shape index (κ2) is 5.12. The van der Waals surface area contributed by atoms with Crippen LogP contribution in [0.1, 0.15) is 6.42 Å². The molecule has 0 atom stereocenters. The summed E-state index contributed by atoms with van der Waals surface area (Å²) in [6.07, 6.45) is 7.60. The molecule has 0 N–H and O–H groups in total. The van der Waals surface area contributed by atoms with Crippen molar-refractivity contribution in [2.45, 2.75) is 6.42 Å². The van der Waals surface area contributed by atoms with E-state index in [1.54, 1.807) is 0 Å². The van der Waals surface area contributed by atoms with Gasteiger partial charge in [-0.25, -0.2) is 0 Å². The molecule has 0 saturated carbocycles. The molecule has 0 spiro atoms. The molecule has 0 aromatic carbocycles. The van der Waals surface area contributed by atoms with Crippen LogP contribution in [0, 0.1) is 0 Å². The van der Waals surface area contributed by atoms with Crippen LogP contribution < -0.4 is 0 Å². The van der Waals surface area contributed by atoms with Crippen LogP contribution in [0.25, 0.3) is 0 Å². The van der Waals surface area contributed by atoms with Crippen LogP contribution in [0.3, 0.4) is 0 Å². The second-order valence-electron chi connectivity index (χ2n) is 1.23. The van der Waals surface area contributed by atoms with Crippen LogP contribution in [0.5, 0.6) is 0 Å². The van der Waals surface area contributed by atoms with Gasteiger partial charge >= 0.3 is 47.4 Å². The maximum atomic E-state index is 2.17. The first-order chi connectivity index (χ1) is 2.89. The van der Waals surface area contributed by atoms with Gasteiger partial charge in [0, 0.05) is 0 Å². The fourth-order valence-electron chi connectivity index (χ4n) is 0.416. The van der Waals surface area contributed by atoms with E-state index in [0.717, 1.165) is 0 Å². The average molecular weight is 295 g/mol. The van der Waals surface area contributed by atoms with E-state index in [9.17, 15) is 0 Å². The van der Waals surface area contributed by atoms with E-state index in [1.165, 1.54) is 10.5 Å². The van der Waals surface area contributed by atoms with Gasteiger partial charge in [0.15, 0.2) is 0 Å². The topological polar surface area (TPSA) is 0 Å². The van der Waals surface area contributed by atoms with Crippen molar-refractivity contribution in [1.82, 2.24) is 0 Å². The minimum absolute atomic E-state index is 0. The van der Waals surface area contributed by atoms with Gasteiger partial charge in [-0.2, -0.15) is 0 Å². The summed E-state index contributed by atoms with van der Waals surface area (Å²) in [6, 6.07) is 0. The van der Waals surface area contributed by atoms with E-state index in [-0.39, 0.29) is 9.41 Å². The standard InChI is InChI=1S/C5H5.2FH.Os/c1-2-4-5-3-1;;;/h1-3H,4H2;2*1H;. The summed E-state index contributed by atoms with van der Waals surface area (Å²) >= 11 is 1.96. The monoisotopic (exact) mass is 297 g/mol. The molecule has 0 saturated heterocycles. The first-order valence-corrected chi connectivity index (χ1v) is 3.16. The Morgan fingerprint density at radius 1 is 1.38 bits per heavy atom. The van der Waals surface area contributed by atoms with Gasteiger partial charge in [0.05, 0.1) is 0 Å². The van der Waals surface area contributed by atoms with Gasteiger partial charge in [-0.1, -0.05) is 0 Å². The number of rotatable bonds is 0. The zero-order valence-electron chi connectivity index (χ0n) is 4.11. The first-order valence-electron chi connectivity index (χ1n) is 1.89. The van der Waals surface area contributed by atoms with Crippen LogP contribution in [-0.4, -0.2) is 0 Å². The molecule has 0 fully saturated rings. The Morgan fingerprint density at radius 2 is 2.00 bits per heavy atom. The molecule has 3 heteroatoms. The molecule has 0 aromatic heterocycles. The van der Waals surface area contributed by atoms with Crippen molar-refractivity contribution in [2.75, 3.05) is 0 Å². The van der Waals surface area contributed by atoms with Gasteiger partial charge in [-0.15, -0.1) is 0 Å². The first kappa shape index (κ1) is 10.9. The summed E-state index contributed by atoms with van der Waals surface area (Å²) in [5, 5.41) is 0. The molecule has 0 nitrogen and oxygen atoms in total. The Bertz CT molecular complexity index is 107. The predicted molar refractivity (Wildman–Crippen MR) is 26.8 cm³/mol. The van der Waals surface area contributed by atoms with Crippen molar-refractivity contribution in [3.8, 4) is 0 Å². The maximum absolute atomic E-state index is 2.17. The molecular weight excluding hydrogens is 288 g/mol. The molecular formula is C5H7F2Os. The molecule has 0 radical (unpaired) electrons. The van der Waals surface area contributed by atoms with Crippen LogP contribution >= 0.6 is 0 Å². The van der Waals surface area contributed by atoms with Crippen LogP contribution in [0.15, 0.2) is 22.4 Å². The summed E-state index contributed by atoms with van der Waals surface area (Å²) in [5.41, 5.74) is 0. The van der Waals surface area contributed by atoms with E-state index in [2.05, 4.69) is 18.2 Å². The van der Waals surface area contributed by atoms with E-state index in [4.69, 9.17) is 0 Å². The van der Waals surface area contributed by atoms with Crippen molar-refractivity contribution in [2.24, 2.45) is 0 Å². The van der Waals surface area contributed by atoms with Crippen molar-refractivity contribution in [1.29, 1.82) is 0 Å². The van der Waals surface area contributed by atoms with Crippen LogP contribution in [-0.2, 0) is 18.6 Å². The summed E-state index contributed by atoms with van der Waals surface area (Å²) in [4.78, 5) is 0. The third kappa shape index (κ3) is 3.04. The van der Waals surface area contributed by atoms with Gasteiger partial charge in [-0.3, -0.25) is 9.41 Å². The molecule has 49 valence electrons. The summed E-state index contributed by atoms with van der Waals surface area (Å²) < 4.78 is 1.50. The summed E-state index contributed by atoms with van der Waals surface area (Å²) in [7, 11) is 0. The quantitative estimate of drug-likeness (QED) is 0.638. The van der Waals surface area contributed by atoms with Crippen LogP contribution in [0.4, 0.5) is 9.41 Å². The fourth-order valence-corrected chi connectivity index (χ4v) is 0.960. The van der Waals surface area contributed by atoms with Gasteiger partial charge in [0.25, 0.3) is 0 Å². The molecule has 1 rings (SSSR count). The zero-order valence-corrected chi connectivity index (χ0v) is 6.65. The molecule has 0 amide bonds. The third-order valence-electron chi connectivity index (χ3n) is 0.717. The van der Waals surface area contributed by atoms with Crippen molar-refractivity contribution in [3.05, 3.63) is 22.4 Å². The van der Waals surface area contributed by atoms with Gasteiger partial charge in [0.1, 0.15) is 0 Å². The fraction of sp³-hybridized carbons (Fsp3) is 0.200. The summed E-state index contributed by atoms with van der Waals surface area (Å²) in [5.74, 6) is 0. The molecule has 8 heavy (non-hydrogen) atoms.